The Morgan fingerprint density at radius 2 is 2.30 bits per heavy atom. The number of carbonyl (C=O) groups is 1. The fourth-order valence-electron chi connectivity index (χ4n) is 1.51. The molecule has 8 heteroatoms. The number of carboxylic acids is 1. The molecule has 2 N–H and O–H groups in total. The molecule has 0 spiro atoms. The average Bonchev–Trinajstić information content (AvgIpc) is 2.87. The molecule has 2 aromatic rings. The van der Waals surface area contributed by atoms with Gasteiger partial charge in [0, 0.05) is 24.0 Å². The van der Waals surface area contributed by atoms with Gasteiger partial charge < -0.3 is 10.4 Å². The molecule has 7 nitrogen and oxygen atoms in total. The summed E-state index contributed by atoms with van der Waals surface area (Å²) in [5.74, 6) is -0.641. The Balaban J connectivity index is 1.94. The molecule has 2 aromatic heterocycles. The third-order valence-corrected chi connectivity index (χ3v) is 3.27. The third-order valence-electron chi connectivity index (χ3n) is 2.36. The van der Waals surface area contributed by atoms with Crippen molar-refractivity contribution < 1.29 is 9.90 Å². The van der Waals surface area contributed by atoms with Crippen LogP contribution in [0.5, 0.6) is 0 Å². The van der Waals surface area contributed by atoms with Crippen molar-refractivity contribution >= 4 is 23.3 Å². The number of hydrogen-bond acceptors (Lipinski definition) is 7. The Morgan fingerprint density at radius 3 is 2.95 bits per heavy atom. The molecule has 0 saturated carbocycles. The molecule has 0 aliphatic heterocycles. The van der Waals surface area contributed by atoms with Crippen molar-refractivity contribution in [2.45, 2.75) is 13.3 Å². The molecule has 0 fully saturated rings. The number of aryl methyl sites for hydroxylation is 1. The van der Waals surface area contributed by atoms with Crippen LogP contribution in [0, 0.1) is 18.3 Å². The van der Waals surface area contributed by atoms with Crippen molar-refractivity contribution in [3.63, 3.8) is 0 Å². The van der Waals surface area contributed by atoms with E-state index in [2.05, 4.69) is 20.3 Å². The number of hydrogen-bond donors (Lipinski definition) is 2. The minimum absolute atomic E-state index is 0.0589. The number of aromatic carboxylic acids is 1. The number of nitrogens with one attached hydrogen (secondary N) is 1. The van der Waals surface area contributed by atoms with E-state index in [1.54, 1.807) is 13.0 Å². The van der Waals surface area contributed by atoms with Gasteiger partial charge in [-0.1, -0.05) is 0 Å². The lowest BCUT2D eigenvalue weighted by Gasteiger charge is -2.04. The van der Waals surface area contributed by atoms with Crippen LogP contribution >= 0.6 is 11.3 Å². The minimum Gasteiger partial charge on any atom is -0.476 e. The van der Waals surface area contributed by atoms with E-state index in [0.717, 1.165) is 5.01 Å². The lowest BCUT2D eigenvalue weighted by Crippen LogP contribution is -2.09. The Morgan fingerprint density at radius 1 is 1.50 bits per heavy atom. The van der Waals surface area contributed by atoms with Crippen LogP contribution in [0.3, 0.4) is 0 Å². The van der Waals surface area contributed by atoms with E-state index in [1.165, 1.54) is 16.7 Å². The lowest BCUT2D eigenvalue weighted by molar-refractivity contribution is 0.0691. The van der Waals surface area contributed by atoms with Gasteiger partial charge in [0.15, 0.2) is 5.69 Å². The largest absolute Gasteiger partial charge is 0.476 e. The van der Waals surface area contributed by atoms with Crippen LogP contribution < -0.4 is 5.32 Å². The maximum absolute atomic E-state index is 10.7. The predicted molar refractivity (Wildman–Crippen MR) is 72.8 cm³/mol. The summed E-state index contributed by atoms with van der Waals surface area (Å²) in [5, 5.41) is 22.8. The van der Waals surface area contributed by atoms with Crippen molar-refractivity contribution in [2.24, 2.45) is 0 Å². The van der Waals surface area contributed by atoms with Crippen LogP contribution in [-0.2, 0) is 6.42 Å². The van der Waals surface area contributed by atoms with Crippen LogP contribution in [0.2, 0.25) is 0 Å². The molecule has 0 aromatic carbocycles. The Labute approximate surface area is 119 Å². The van der Waals surface area contributed by atoms with Crippen LogP contribution in [-0.4, -0.2) is 32.6 Å². The summed E-state index contributed by atoms with van der Waals surface area (Å²) < 4.78 is 0. The van der Waals surface area contributed by atoms with Gasteiger partial charge in [-0.2, -0.15) is 5.26 Å². The van der Waals surface area contributed by atoms with E-state index in [0.29, 0.717) is 30.3 Å². The highest BCUT2D eigenvalue weighted by Gasteiger charge is 2.08. The van der Waals surface area contributed by atoms with E-state index in [9.17, 15) is 4.79 Å². The van der Waals surface area contributed by atoms with Crippen LogP contribution in [0.15, 0.2) is 11.4 Å². The molecule has 2 heterocycles. The molecule has 0 radical (unpaired) electrons. The minimum atomic E-state index is -1.03. The molecule has 0 atom stereocenters. The van der Waals surface area contributed by atoms with Crippen molar-refractivity contribution in [2.75, 3.05) is 11.9 Å². The van der Waals surface area contributed by atoms with Crippen molar-refractivity contribution in [3.05, 3.63) is 33.5 Å². The molecular formula is C12H11N5O2S. The standard InChI is InChI=1S/C12H11N5O2S/c1-7-4-8(5-13)16-12(15-7)14-3-2-10-17-9(6-20-10)11(18)19/h4,6H,2-3H2,1H3,(H,18,19)(H,14,15,16). The quantitative estimate of drug-likeness (QED) is 0.857. The highest BCUT2D eigenvalue weighted by atomic mass is 32.1. The highest BCUT2D eigenvalue weighted by Crippen LogP contribution is 2.11. The second kappa shape index (κ2) is 6.08. The molecule has 0 aliphatic rings. The summed E-state index contributed by atoms with van der Waals surface area (Å²) in [4.78, 5) is 22.9. The first-order valence-corrected chi connectivity index (χ1v) is 6.64. The SMILES string of the molecule is Cc1cc(C#N)nc(NCCc2nc(C(=O)O)cs2)n1. The van der Waals surface area contributed by atoms with Gasteiger partial charge in [0.25, 0.3) is 0 Å². The van der Waals surface area contributed by atoms with Crippen molar-refractivity contribution in [1.29, 1.82) is 5.26 Å². The first-order chi connectivity index (χ1) is 9.58. The average molecular weight is 289 g/mol. The van der Waals surface area contributed by atoms with Crippen LogP contribution in [0.1, 0.15) is 26.9 Å². The van der Waals surface area contributed by atoms with Gasteiger partial charge in [0.05, 0.1) is 5.01 Å². The normalized spacial score (nSPS) is 10.0. The van der Waals surface area contributed by atoms with Gasteiger partial charge in [0.1, 0.15) is 11.8 Å². The second-order valence-corrected chi connectivity index (χ2v) is 4.88. The van der Waals surface area contributed by atoms with Gasteiger partial charge in [-0.05, 0) is 13.0 Å². The van der Waals surface area contributed by atoms with E-state index < -0.39 is 5.97 Å². The summed E-state index contributed by atoms with van der Waals surface area (Å²) in [6, 6.07) is 3.57. The number of nitrogens with zero attached hydrogens (tertiary/aromatic N) is 4. The molecule has 0 bridgehead atoms. The molecule has 0 amide bonds. The van der Waals surface area contributed by atoms with E-state index >= 15 is 0 Å². The Kier molecular flexibility index (Phi) is 4.22. The highest BCUT2D eigenvalue weighted by molar-refractivity contribution is 7.09. The fourth-order valence-corrected chi connectivity index (χ4v) is 2.28. The molecule has 102 valence electrons. The summed E-state index contributed by atoms with van der Waals surface area (Å²) in [6.07, 6.45) is 0.567. The monoisotopic (exact) mass is 289 g/mol. The number of nitriles is 1. The number of rotatable bonds is 5. The zero-order chi connectivity index (χ0) is 14.5. The molecule has 20 heavy (non-hydrogen) atoms. The summed E-state index contributed by atoms with van der Waals surface area (Å²) in [7, 11) is 0. The van der Waals surface area contributed by atoms with Gasteiger partial charge >= 0.3 is 5.97 Å². The summed E-state index contributed by atoms with van der Waals surface area (Å²) >= 11 is 1.30. The number of aromatic nitrogens is 3. The zero-order valence-corrected chi connectivity index (χ0v) is 11.4. The maximum atomic E-state index is 10.7. The zero-order valence-electron chi connectivity index (χ0n) is 10.6. The Hall–Kier alpha value is -2.53. The summed E-state index contributed by atoms with van der Waals surface area (Å²) in [6.45, 7) is 2.30. The fraction of sp³-hybridized carbons (Fsp3) is 0.250. The third kappa shape index (κ3) is 3.49. The second-order valence-electron chi connectivity index (χ2n) is 3.94. The predicted octanol–water partition coefficient (Wildman–Crippen LogP) is 1.47. The molecule has 0 saturated heterocycles. The van der Waals surface area contributed by atoms with Crippen molar-refractivity contribution in [1.82, 2.24) is 15.0 Å². The lowest BCUT2D eigenvalue weighted by atomic mass is 10.3. The summed E-state index contributed by atoms with van der Waals surface area (Å²) in [5.41, 5.74) is 1.08. The number of anilines is 1. The van der Waals surface area contributed by atoms with E-state index in [-0.39, 0.29) is 5.69 Å². The molecule has 0 aliphatic carbocycles. The molecular weight excluding hydrogens is 278 g/mol. The Bertz CT molecular complexity index is 677. The first-order valence-electron chi connectivity index (χ1n) is 5.76. The van der Waals surface area contributed by atoms with E-state index in [1.807, 2.05) is 6.07 Å². The van der Waals surface area contributed by atoms with Crippen LogP contribution in [0.4, 0.5) is 5.95 Å². The molecule has 0 unspecified atom stereocenters. The smallest absolute Gasteiger partial charge is 0.355 e. The van der Waals surface area contributed by atoms with Crippen molar-refractivity contribution in [3.8, 4) is 6.07 Å². The molecule has 2 rings (SSSR count). The number of thiazole rings is 1. The topological polar surface area (TPSA) is 112 Å². The van der Waals surface area contributed by atoms with Gasteiger partial charge in [-0.15, -0.1) is 11.3 Å². The number of carboxylic acid groups (broad SMARTS) is 1. The van der Waals surface area contributed by atoms with E-state index in [4.69, 9.17) is 10.4 Å². The van der Waals surface area contributed by atoms with Crippen LogP contribution in [0.25, 0.3) is 0 Å². The maximum Gasteiger partial charge on any atom is 0.355 e. The van der Waals surface area contributed by atoms with Gasteiger partial charge in [-0.3, -0.25) is 0 Å². The first kappa shape index (κ1) is 13.9. The van der Waals surface area contributed by atoms with Gasteiger partial charge in [0.2, 0.25) is 5.95 Å². The van der Waals surface area contributed by atoms with Gasteiger partial charge in [-0.25, -0.2) is 19.7 Å².